The molecule has 4 nitrogen and oxygen atoms in total. The second-order valence-electron chi connectivity index (χ2n) is 5.22. The van der Waals surface area contributed by atoms with Crippen LogP contribution in [0.5, 0.6) is 0 Å². The number of thiophene rings is 1. The Morgan fingerprint density at radius 2 is 2.38 bits per heavy atom. The molecule has 1 aromatic heterocycles. The lowest BCUT2D eigenvalue weighted by molar-refractivity contribution is -0.00428. The molecule has 6 heteroatoms. The van der Waals surface area contributed by atoms with Crippen LogP contribution in [-0.2, 0) is 11.3 Å². The third kappa shape index (κ3) is 2.66. The Hall–Kier alpha value is -1.50. The molecule has 0 saturated carbocycles. The predicted octanol–water partition coefficient (Wildman–Crippen LogP) is 2.96. The van der Waals surface area contributed by atoms with Crippen LogP contribution in [0.15, 0.2) is 18.2 Å². The number of benzene rings is 1. The summed E-state index contributed by atoms with van der Waals surface area (Å²) in [6.07, 6.45) is 0. The van der Waals surface area contributed by atoms with Crippen LogP contribution in [0.4, 0.5) is 4.39 Å². The molecular weight excluding hydrogens is 293 g/mol. The monoisotopic (exact) mass is 309 g/mol. The molecule has 21 heavy (non-hydrogen) atoms. The second kappa shape index (κ2) is 5.71. The lowest BCUT2D eigenvalue weighted by Crippen LogP contribution is -2.43. The van der Waals surface area contributed by atoms with E-state index in [-0.39, 0.29) is 16.7 Å². The quantitative estimate of drug-likeness (QED) is 0.947. The van der Waals surface area contributed by atoms with E-state index < -0.39 is 5.97 Å². The van der Waals surface area contributed by atoms with Crippen molar-refractivity contribution in [3.8, 4) is 0 Å². The molecule has 2 heterocycles. The first-order chi connectivity index (χ1) is 10.1. The van der Waals surface area contributed by atoms with Gasteiger partial charge in [-0.1, -0.05) is 6.07 Å². The Balaban J connectivity index is 2.06. The van der Waals surface area contributed by atoms with Crippen molar-refractivity contribution in [3.63, 3.8) is 0 Å². The highest BCUT2D eigenvalue weighted by atomic mass is 32.1. The maximum atomic E-state index is 14.1. The Morgan fingerprint density at radius 1 is 1.57 bits per heavy atom. The zero-order valence-corrected chi connectivity index (χ0v) is 12.5. The summed E-state index contributed by atoms with van der Waals surface area (Å²) >= 11 is 1.14. The molecule has 1 aliphatic rings. The highest BCUT2D eigenvalue weighted by Gasteiger charge is 2.25. The molecule has 1 unspecified atom stereocenters. The number of carboxylic acids is 1. The van der Waals surface area contributed by atoms with Crippen molar-refractivity contribution in [2.45, 2.75) is 19.5 Å². The van der Waals surface area contributed by atoms with E-state index in [0.717, 1.165) is 17.9 Å². The number of fused-ring (bicyclic) bond motifs is 1. The van der Waals surface area contributed by atoms with Crippen molar-refractivity contribution >= 4 is 27.4 Å². The molecule has 1 atom stereocenters. The van der Waals surface area contributed by atoms with Crippen molar-refractivity contribution in [1.82, 2.24) is 4.90 Å². The van der Waals surface area contributed by atoms with Gasteiger partial charge in [0.05, 0.1) is 13.2 Å². The van der Waals surface area contributed by atoms with E-state index in [9.17, 15) is 14.3 Å². The Labute approximate surface area is 125 Å². The maximum Gasteiger partial charge on any atom is 0.346 e. The summed E-state index contributed by atoms with van der Waals surface area (Å²) in [7, 11) is 0. The Kier molecular flexibility index (Phi) is 3.93. The number of ether oxygens (including phenoxy) is 1. The van der Waals surface area contributed by atoms with Crippen LogP contribution in [0.1, 0.15) is 22.2 Å². The average Bonchev–Trinajstić information content (AvgIpc) is 2.82. The summed E-state index contributed by atoms with van der Waals surface area (Å²) in [5.41, 5.74) is 0.578. The summed E-state index contributed by atoms with van der Waals surface area (Å²) in [6, 6.07) is 4.96. The molecule has 0 aliphatic carbocycles. The molecule has 1 aromatic carbocycles. The highest BCUT2D eigenvalue weighted by molar-refractivity contribution is 7.21. The summed E-state index contributed by atoms with van der Waals surface area (Å²) in [6.45, 7) is 4.44. The first-order valence-electron chi connectivity index (χ1n) is 6.83. The topological polar surface area (TPSA) is 49.8 Å². The van der Waals surface area contributed by atoms with Crippen molar-refractivity contribution in [2.24, 2.45) is 0 Å². The maximum absolute atomic E-state index is 14.1. The Bertz CT molecular complexity index is 685. The van der Waals surface area contributed by atoms with E-state index in [4.69, 9.17) is 4.74 Å². The van der Waals surface area contributed by atoms with E-state index in [1.165, 1.54) is 6.07 Å². The van der Waals surface area contributed by atoms with E-state index in [1.807, 2.05) is 6.92 Å². The van der Waals surface area contributed by atoms with Crippen LogP contribution >= 0.6 is 11.3 Å². The smallest absolute Gasteiger partial charge is 0.346 e. The first kappa shape index (κ1) is 14.4. The molecule has 3 rings (SSSR count). The summed E-state index contributed by atoms with van der Waals surface area (Å²) < 4.78 is 20.2. The number of hydrogen-bond acceptors (Lipinski definition) is 4. The standard InChI is InChI=1S/C15H16FNO3S/c1-9-8-20-6-5-17(9)7-10-13-11(16)3-2-4-12(13)21-14(10)15(18)19/h2-4,9H,5-8H2,1H3,(H,18,19). The first-order valence-corrected chi connectivity index (χ1v) is 7.64. The highest BCUT2D eigenvalue weighted by Crippen LogP contribution is 2.34. The molecule has 1 saturated heterocycles. The third-order valence-corrected chi connectivity index (χ3v) is 5.01. The van der Waals surface area contributed by atoms with Crippen LogP contribution in [0.25, 0.3) is 10.1 Å². The van der Waals surface area contributed by atoms with Gasteiger partial charge in [-0.25, -0.2) is 9.18 Å². The van der Waals surface area contributed by atoms with Crippen LogP contribution in [-0.4, -0.2) is 41.8 Å². The average molecular weight is 309 g/mol. The Morgan fingerprint density at radius 3 is 3.10 bits per heavy atom. The molecule has 0 amide bonds. The van der Waals surface area contributed by atoms with Gasteiger partial charge in [-0.15, -0.1) is 11.3 Å². The fourth-order valence-corrected chi connectivity index (χ4v) is 3.76. The fourth-order valence-electron chi connectivity index (χ4n) is 2.69. The van der Waals surface area contributed by atoms with Gasteiger partial charge in [0.1, 0.15) is 10.7 Å². The minimum atomic E-state index is -0.994. The predicted molar refractivity (Wildman–Crippen MR) is 79.4 cm³/mol. The van der Waals surface area contributed by atoms with E-state index in [2.05, 4.69) is 4.90 Å². The van der Waals surface area contributed by atoms with Crippen molar-refractivity contribution in [1.29, 1.82) is 0 Å². The zero-order chi connectivity index (χ0) is 15.0. The number of halogens is 1. The number of aromatic carboxylic acids is 1. The van der Waals surface area contributed by atoms with E-state index in [0.29, 0.717) is 35.4 Å². The number of hydrogen-bond donors (Lipinski definition) is 1. The lowest BCUT2D eigenvalue weighted by atomic mass is 10.1. The van der Waals surface area contributed by atoms with Gasteiger partial charge < -0.3 is 9.84 Å². The fraction of sp³-hybridized carbons (Fsp3) is 0.400. The summed E-state index contributed by atoms with van der Waals surface area (Å²) in [5.74, 6) is -1.35. The summed E-state index contributed by atoms with van der Waals surface area (Å²) in [4.78, 5) is 13.8. The van der Waals surface area contributed by atoms with Gasteiger partial charge in [-0.05, 0) is 19.1 Å². The SMILES string of the molecule is CC1COCCN1Cc1c(C(=O)O)sc2cccc(F)c12. The zero-order valence-electron chi connectivity index (χ0n) is 11.6. The van der Waals surface area contributed by atoms with E-state index in [1.54, 1.807) is 12.1 Å². The molecule has 1 fully saturated rings. The molecule has 2 aromatic rings. The van der Waals surface area contributed by atoms with Crippen molar-refractivity contribution < 1.29 is 19.0 Å². The number of nitrogens with zero attached hydrogens (tertiary/aromatic N) is 1. The normalized spacial score (nSPS) is 20.0. The molecule has 1 aliphatic heterocycles. The minimum Gasteiger partial charge on any atom is -0.477 e. The van der Waals surface area contributed by atoms with Crippen LogP contribution < -0.4 is 0 Å². The number of morpholine rings is 1. The molecule has 0 bridgehead atoms. The van der Waals surface area contributed by atoms with Crippen molar-refractivity contribution in [2.75, 3.05) is 19.8 Å². The van der Waals surface area contributed by atoms with Gasteiger partial charge in [0.25, 0.3) is 0 Å². The van der Waals surface area contributed by atoms with Gasteiger partial charge in [0.2, 0.25) is 0 Å². The summed E-state index contributed by atoms with van der Waals surface area (Å²) in [5, 5.41) is 9.84. The molecule has 0 radical (unpaired) electrons. The van der Waals surface area contributed by atoms with Gasteiger partial charge in [0.15, 0.2) is 0 Å². The minimum absolute atomic E-state index is 0.196. The lowest BCUT2D eigenvalue weighted by Gasteiger charge is -2.33. The van der Waals surface area contributed by atoms with Gasteiger partial charge >= 0.3 is 5.97 Å². The van der Waals surface area contributed by atoms with Crippen LogP contribution in [0.2, 0.25) is 0 Å². The number of carboxylic acid groups (broad SMARTS) is 1. The number of carbonyl (C=O) groups is 1. The van der Waals surface area contributed by atoms with Gasteiger partial charge in [-0.2, -0.15) is 0 Å². The number of rotatable bonds is 3. The van der Waals surface area contributed by atoms with Gasteiger partial charge in [0, 0.05) is 34.8 Å². The largest absolute Gasteiger partial charge is 0.477 e. The molecule has 1 N–H and O–H groups in total. The third-order valence-electron chi connectivity index (χ3n) is 3.82. The van der Waals surface area contributed by atoms with Crippen molar-refractivity contribution in [3.05, 3.63) is 34.5 Å². The second-order valence-corrected chi connectivity index (χ2v) is 6.27. The van der Waals surface area contributed by atoms with Gasteiger partial charge in [-0.3, -0.25) is 4.90 Å². The van der Waals surface area contributed by atoms with Crippen LogP contribution in [0.3, 0.4) is 0 Å². The van der Waals surface area contributed by atoms with Crippen LogP contribution in [0, 0.1) is 5.82 Å². The molecule has 0 spiro atoms. The molecular formula is C15H16FNO3S. The molecule has 112 valence electrons. The van der Waals surface area contributed by atoms with E-state index >= 15 is 0 Å².